The third-order valence-corrected chi connectivity index (χ3v) is 3.94. The lowest BCUT2D eigenvalue weighted by Gasteiger charge is -2.25. The Morgan fingerprint density at radius 1 is 1.29 bits per heavy atom. The van der Waals surface area contributed by atoms with E-state index in [1.165, 1.54) is 9.13 Å². The summed E-state index contributed by atoms with van der Waals surface area (Å²) in [6, 6.07) is 5.14. The van der Waals surface area contributed by atoms with E-state index in [0.29, 0.717) is 11.2 Å². The van der Waals surface area contributed by atoms with E-state index < -0.39 is 11.1 Å². The molecule has 0 amide bonds. The van der Waals surface area contributed by atoms with Crippen LogP contribution in [0.3, 0.4) is 0 Å². The van der Waals surface area contributed by atoms with Crippen molar-refractivity contribution in [1.82, 2.24) is 19.4 Å². The first-order valence-corrected chi connectivity index (χ1v) is 6.86. The summed E-state index contributed by atoms with van der Waals surface area (Å²) in [7, 11) is 1.55. The van der Waals surface area contributed by atoms with Crippen LogP contribution in [-0.2, 0) is 7.05 Å². The molecule has 1 aliphatic heterocycles. The molecule has 0 aromatic carbocycles. The molecule has 0 bridgehead atoms. The maximum absolute atomic E-state index is 12.4. The average molecular weight is 285 g/mol. The topological polar surface area (TPSA) is 92.7 Å². The van der Waals surface area contributed by atoms with Crippen LogP contribution in [-0.4, -0.2) is 27.2 Å². The SMILES string of the molecule is Cn1c(=O)c(=O)n(C2CCNCC2)c2nc(C#N)ccc21. The number of piperidine rings is 1. The third-order valence-electron chi connectivity index (χ3n) is 3.94. The molecule has 1 N–H and O–H groups in total. The third kappa shape index (κ3) is 2.14. The highest BCUT2D eigenvalue weighted by Crippen LogP contribution is 2.20. The number of hydrogen-bond donors (Lipinski definition) is 1. The first-order valence-electron chi connectivity index (χ1n) is 6.86. The van der Waals surface area contributed by atoms with E-state index in [1.807, 2.05) is 6.07 Å². The zero-order valence-electron chi connectivity index (χ0n) is 11.7. The van der Waals surface area contributed by atoms with Gasteiger partial charge in [0, 0.05) is 13.1 Å². The summed E-state index contributed by atoms with van der Waals surface area (Å²) >= 11 is 0. The van der Waals surface area contributed by atoms with Crippen molar-refractivity contribution in [3.63, 3.8) is 0 Å². The fourth-order valence-corrected chi connectivity index (χ4v) is 2.80. The molecule has 0 atom stereocenters. The Kier molecular flexibility index (Phi) is 3.31. The maximum Gasteiger partial charge on any atom is 0.318 e. The predicted molar refractivity (Wildman–Crippen MR) is 77.1 cm³/mol. The van der Waals surface area contributed by atoms with E-state index in [2.05, 4.69) is 10.3 Å². The van der Waals surface area contributed by atoms with E-state index in [9.17, 15) is 9.59 Å². The van der Waals surface area contributed by atoms with Crippen molar-refractivity contribution in [2.24, 2.45) is 7.05 Å². The summed E-state index contributed by atoms with van der Waals surface area (Å²) in [5, 5.41) is 12.2. The van der Waals surface area contributed by atoms with Crippen LogP contribution in [0.4, 0.5) is 0 Å². The molecule has 1 fully saturated rings. The minimum absolute atomic E-state index is 0.0587. The van der Waals surface area contributed by atoms with Crippen molar-refractivity contribution >= 4 is 11.2 Å². The maximum atomic E-state index is 12.4. The lowest BCUT2D eigenvalue weighted by atomic mass is 10.1. The van der Waals surface area contributed by atoms with Crippen LogP contribution in [0.15, 0.2) is 21.7 Å². The molecule has 7 heteroatoms. The van der Waals surface area contributed by atoms with Gasteiger partial charge in [-0.3, -0.25) is 14.2 Å². The average Bonchev–Trinajstić information content (AvgIpc) is 2.53. The van der Waals surface area contributed by atoms with Crippen LogP contribution < -0.4 is 16.4 Å². The van der Waals surface area contributed by atoms with Gasteiger partial charge in [-0.25, -0.2) is 4.98 Å². The summed E-state index contributed by atoms with van der Waals surface area (Å²) < 4.78 is 2.77. The van der Waals surface area contributed by atoms with Crippen LogP contribution in [0.25, 0.3) is 11.2 Å². The van der Waals surface area contributed by atoms with Gasteiger partial charge in [-0.1, -0.05) is 0 Å². The summed E-state index contributed by atoms with van der Waals surface area (Å²) in [5.41, 5.74) is 0.0837. The molecule has 0 aliphatic carbocycles. The molecule has 0 unspecified atom stereocenters. The van der Waals surface area contributed by atoms with E-state index >= 15 is 0 Å². The number of rotatable bonds is 1. The lowest BCUT2D eigenvalue weighted by molar-refractivity contribution is 0.365. The molecule has 3 rings (SSSR count). The molecule has 7 nitrogen and oxygen atoms in total. The minimum atomic E-state index is -0.570. The molecular formula is C14H15N5O2. The zero-order valence-corrected chi connectivity index (χ0v) is 11.7. The molecule has 3 heterocycles. The number of nitriles is 1. The van der Waals surface area contributed by atoms with Crippen LogP contribution in [0.1, 0.15) is 24.6 Å². The molecule has 0 radical (unpaired) electrons. The van der Waals surface area contributed by atoms with Crippen molar-refractivity contribution in [2.75, 3.05) is 13.1 Å². The standard InChI is InChI=1S/C14H15N5O2/c1-18-11-3-2-9(8-15)17-12(11)19(14(21)13(18)20)10-4-6-16-7-5-10/h2-3,10,16H,4-7H2,1H3. The van der Waals surface area contributed by atoms with Crippen LogP contribution >= 0.6 is 0 Å². The molecule has 108 valence electrons. The molecule has 0 spiro atoms. The number of pyridine rings is 1. The fourth-order valence-electron chi connectivity index (χ4n) is 2.80. The summed E-state index contributed by atoms with van der Waals surface area (Å²) in [6.45, 7) is 1.59. The number of aromatic nitrogens is 3. The Bertz CT molecular complexity index is 853. The van der Waals surface area contributed by atoms with Gasteiger partial charge in [-0.15, -0.1) is 0 Å². The molecular weight excluding hydrogens is 270 g/mol. The van der Waals surface area contributed by atoms with Gasteiger partial charge in [0.1, 0.15) is 11.8 Å². The number of nitrogens with zero attached hydrogens (tertiary/aromatic N) is 4. The predicted octanol–water partition coefficient (Wildman–Crippen LogP) is -0.109. The normalized spacial score (nSPS) is 16.0. The second-order valence-corrected chi connectivity index (χ2v) is 5.17. The molecule has 1 saturated heterocycles. The molecule has 1 aliphatic rings. The van der Waals surface area contributed by atoms with E-state index in [4.69, 9.17) is 5.26 Å². The fraction of sp³-hybridized carbons (Fsp3) is 0.429. The van der Waals surface area contributed by atoms with E-state index in [-0.39, 0.29) is 11.7 Å². The Morgan fingerprint density at radius 2 is 2.00 bits per heavy atom. The quantitative estimate of drug-likeness (QED) is 0.738. The van der Waals surface area contributed by atoms with Crippen molar-refractivity contribution in [2.45, 2.75) is 18.9 Å². The van der Waals surface area contributed by atoms with Gasteiger partial charge in [0.2, 0.25) is 0 Å². The first-order chi connectivity index (χ1) is 10.1. The Hall–Kier alpha value is -2.46. The largest absolute Gasteiger partial charge is 0.318 e. The zero-order chi connectivity index (χ0) is 15.0. The van der Waals surface area contributed by atoms with Crippen LogP contribution in [0, 0.1) is 11.3 Å². The minimum Gasteiger partial charge on any atom is -0.317 e. The Labute approximate surface area is 120 Å². The van der Waals surface area contributed by atoms with Crippen molar-refractivity contribution in [3.8, 4) is 6.07 Å². The second-order valence-electron chi connectivity index (χ2n) is 5.17. The van der Waals surface area contributed by atoms with Gasteiger partial charge in [-0.2, -0.15) is 5.26 Å². The van der Waals surface area contributed by atoms with Crippen molar-refractivity contribution in [1.29, 1.82) is 5.26 Å². The number of fused-ring (bicyclic) bond motifs is 1. The highest BCUT2D eigenvalue weighted by molar-refractivity contribution is 5.71. The summed E-state index contributed by atoms with van der Waals surface area (Å²) in [5.74, 6) is 0. The summed E-state index contributed by atoms with van der Waals surface area (Å²) in [6.07, 6.45) is 1.53. The molecule has 2 aromatic heterocycles. The van der Waals surface area contributed by atoms with Gasteiger partial charge in [0.25, 0.3) is 0 Å². The molecule has 21 heavy (non-hydrogen) atoms. The van der Waals surface area contributed by atoms with Crippen molar-refractivity contribution < 1.29 is 0 Å². The Morgan fingerprint density at radius 3 is 2.67 bits per heavy atom. The number of aryl methyl sites for hydroxylation is 1. The highest BCUT2D eigenvalue weighted by Gasteiger charge is 2.22. The molecule has 2 aromatic rings. The van der Waals surface area contributed by atoms with Gasteiger partial charge in [-0.05, 0) is 38.1 Å². The van der Waals surface area contributed by atoms with Crippen molar-refractivity contribution in [3.05, 3.63) is 38.5 Å². The van der Waals surface area contributed by atoms with Gasteiger partial charge in [0.15, 0.2) is 5.65 Å². The molecule has 0 saturated carbocycles. The van der Waals surface area contributed by atoms with Gasteiger partial charge < -0.3 is 9.88 Å². The first kappa shape index (κ1) is 13.5. The highest BCUT2D eigenvalue weighted by atomic mass is 16.2. The number of nitrogens with one attached hydrogen (secondary N) is 1. The van der Waals surface area contributed by atoms with Crippen LogP contribution in [0.2, 0.25) is 0 Å². The lowest BCUT2D eigenvalue weighted by Crippen LogP contribution is -2.44. The van der Waals surface area contributed by atoms with E-state index in [1.54, 1.807) is 19.2 Å². The number of hydrogen-bond acceptors (Lipinski definition) is 5. The van der Waals surface area contributed by atoms with Gasteiger partial charge >= 0.3 is 11.1 Å². The van der Waals surface area contributed by atoms with E-state index in [0.717, 1.165) is 25.9 Å². The van der Waals surface area contributed by atoms with Crippen LogP contribution in [0.5, 0.6) is 0 Å². The van der Waals surface area contributed by atoms with Gasteiger partial charge in [0.05, 0.1) is 5.52 Å². The smallest absolute Gasteiger partial charge is 0.317 e. The second kappa shape index (κ2) is 5.14. The monoisotopic (exact) mass is 285 g/mol. The Balaban J connectivity index is 2.37. The summed E-state index contributed by atoms with van der Waals surface area (Å²) in [4.78, 5) is 28.8.